The van der Waals surface area contributed by atoms with E-state index in [1.807, 2.05) is 0 Å². The lowest BCUT2D eigenvalue weighted by Crippen LogP contribution is -2.35. The second kappa shape index (κ2) is 8.84. The number of hydrogen-bond donors (Lipinski definition) is 0. The Labute approximate surface area is 169 Å². The fourth-order valence-corrected chi connectivity index (χ4v) is 4.71. The van der Waals surface area contributed by atoms with Gasteiger partial charge in [-0.15, -0.1) is 0 Å². The Morgan fingerprint density at radius 3 is 2.34 bits per heavy atom. The number of aryl methyl sites for hydroxylation is 1. The fraction of sp³-hybridized carbons (Fsp3) is 0.333. The van der Waals surface area contributed by atoms with Crippen molar-refractivity contribution in [1.82, 2.24) is 4.31 Å². The van der Waals surface area contributed by atoms with E-state index in [4.69, 9.17) is 4.74 Å². The summed E-state index contributed by atoms with van der Waals surface area (Å²) in [5.74, 6) is -1.73. The highest BCUT2D eigenvalue weighted by atomic mass is 32.2. The van der Waals surface area contributed by atoms with Gasteiger partial charge in [-0.25, -0.2) is 17.6 Å². The zero-order chi connectivity index (χ0) is 21.0. The number of carbonyl (C=O) groups excluding carboxylic acids is 2. The molecule has 0 atom stereocenters. The highest BCUT2D eigenvalue weighted by molar-refractivity contribution is 7.89. The molecule has 0 radical (unpaired) electrons. The minimum atomic E-state index is -3.69. The summed E-state index contributed by atoms with van der Waals surface area (Å²) in [6.45, 7) is 2.06. The third kappa shape index (κ3) is 4.89. The zero-order valence-corrected chi connectivity index (χ0v) is 16.9. The van der Waals surface area contributed by atoms with Crippen molar-refractivity contribution in [2.75, 3.05) is 19.7 Å². The summed E-state index contributed by atoms with van der Waals surface area (Å²) in [6, 6.07) is 9.23. The summed E-state index contributed by atoms with van der Waals surface area (Å²) in [6.07, 6.45) is 2.62. The Bertz CT molecular complexity index is 1010. The first-order valence-corrected chi connectivity index (χ1v) is 10.8. The molecule has 1 aliphatic heterocycles. The molecule has 6 nitrogen and oxygen atoms in total. The molecular weight excluding hydrogens is 397 g/mol. The second-order valence-corrected chi connectivity index (χ2v) is 8.89. The number of hydrogen-bond acceptors (Lipinski definition) is 5. The first kappa shape index (κ1) is 21.1. The molecule has 1 saturated heterocycles. The Balaban J connectivity index is 1.74. The van der Waals surface area contributed by atoms with Crippen LogP contribution in [-0.2, 0) is 14.8 Å². The van der Waals surface area contributed by atoms with Crippen LogP contribution in [0.3, 0.4) is 0 Å². The van der Waals surface area contributed by atoms with Gasteiger partial charge in [0.15, 0.2) is 12.4 Å². The van der Waals surface area contributed by atoms with Crippen LogP contribution in [0.5, 0.6) is 0 Å². The number of benzene rings is 2. The number of rotatable bonds is 6. The largest absolute Gasteiger partial charge is 0.454 e. The van der Waals surface area contributed by atoms with E-state index in [1.165, 1.54) is 28.6 Å². The van der Waals surface area contributed by atoms with Gasteiger partial charge >= 0.3 is 5.97 Å². The number of carbonyl (C=O) groups is 2. The predicted octanol–water partition coefficient (Wildman–Crippen LogP) is 3.35. The average molecular weight is 419 g/mol. The molecule has 0 amide bonds. The quantitative estimate of drug-likeness (QED) is 0.530. The number of nitrogens with zero attached hydrogens (tertiary/aromatic N) is 1. The van der Waals surface area contributed by atoms with Gasteiger partial charge in [0.25, 0.3) is 0 Å². The molecule has 2 aromatic rings. The molecule has 2 aromatic carbocycles. The van der Waals surface area contributed by atoms with Crippen LogP contribution in [0.25, 0.3) is 0 Å². The first-order valence-electron chi connectivity index (χ1n) is 9.36. The van der Waals surface area contributed by atoms with Crippen molar-refractivity contribution in [3.05, 3.63) is 65.0 Å². The van der Waals surface area contributed by atoms with Crippen LogP contribution in [0.4, 0.5) is 4.39 Å². The van der Waals surface area contributed by atoms with Crippen molar-refractivity contribution in [2.24, 2.45) is 0 Å². The molecule has 1 aliphatic rings. The molecule has 0 bridgehead atoms. The molecule has 0 aromatic heterocycles. The molecule has 0 aliphatic carbocycles. The maximum absolute atomic E-state index is 12.9. The molecule has 3 rings (SSSR count). The number of piperidine rings is 1. The normalized spacial score (nSPS) is 15.1. The van der Waals surface area contributed by atoms with E-state index in [9.17, 15) is 22.4 Å². The zero-order valence-electron chi connectivity index (χ0n) is 16.1. The number of sulfonamides is 1. The number of halogens is 1. The minimum absolute atomic E-state index is 0.0295. The topological polar surface area (TPSA) is 80.8 Å². The Kier molecular flexibility index (Phi) is 6.44. The van der Waals surface area contributed by atoms with E-state index in [0.29, 0.717) is 18.7 Å². The van der Waals surface area contributed by atoms with Crippen LogP contribution >= 0.6 is 0 Å². The van der Waals surface area contributed by atoms with Crippen LogP contribution in [0.2, 0.25) is 0 Å². The molecule has 0 unspecified atom stereocenters. The molecule has 1 heterocycles. The summed E-state index contributed by atoms with van der Waals surface area (Å²) in [5.41, 5.74) is 0.856. The number of Topliss-reactive ketones (excluding diaryl/α,β-unsaturated/α-hetero) is 1. The van der Waals surface area contributed by atoms with Gasteiger partial charge < -0.3 is 4.74 Å². The third-order valence-electron chi connectivity index (χ3n) is 4.88. The van der Waals surface area contributed by atoms with Gasteiger partial charge in [0, 0.05) is 18.7 Å². The second-order valence-electron chi connectivity index (χ2n) is 6.95. The molecule has 0 saturated carbocycles. The maximum atomic E-state index is 12.9. The molecule has 0 spiro atoms. The van der Waals surface area contributed by atoms with Gasteiger partial charge in [-0.2, -0.15) is 4.31 Å². The highest BCUT2D eigenvalue weighted by Gasteiger charge is 2.27. The Morgan fingerprint density at radius 1 is 1.03 bits per heavy atom. The summed E-state index contributed by atoms with van der Waals surface area (Å²) in [4.78, 5) is 24.6. The van der Waals surface area contributed by atoms with Crippen molar-refractivity contribution in [2.45, 2.75) is 31.1 Å². The minimum Gasteiger partial charge on any atom is -0.454 e. The molecule has 29 heavy (non-hydrogen) atoms. The Morgan fingerprint density at radius 2 is 1.69 bits per heavy atom. The van der Waals surface area contributed by atoms with Crippen molar-refractivity contribution in [3.8, 4) is 0 Å². The van der Waals surface area contributed by atoms with Crippen LogP contribution < -0.4 is 0 Å². The monoisotopic (exact) mass is 419 g/mol. The first-order chi connectivity index (χ1) is 13.8. The van der Waals surface area contributed by atoms with Crippen LogP contribution in [0.1, 0.15) is 45.5 Å². The highest BCUT2D eigenvalue weighted by Crippen LogP contribution is 2.23. The lowest BCUT2D eigenvalue weighted by Gasteiger charge is -2.26. The molecule has 154 valence electrons. The Hall–Kier alpha value is -2.58. The summed E-state index contributed by atoms with van der Waals surface area (Å²) in [5, 5.41) is 0. The lowest BCUT2D eigenvalue weighted by molar-refractivity contribution is 0.0473. The van der Waals surface area contributed by atoms with E-state index in [0.717, 1.165) is 31.4 Å². The summed E-state index contributed by atoms with van der Waals surface area (Å²) in [7, 11) is -3.69. The average Bonchev–Trinajstić information content (AvgIpc) is 2.73. The van der Waals surface area contributed by atoms with Gasteiger partial charge in [-0.3, -0.25) is 4.79 Å². The van der Waals surface area contributed by atoms with Gasteiger partial charge in [-0.05, 0) is 61.7 Å². The third-order valence-corrected chi connectivity index (χ3v) is 6.78. The van der Waals surface area contributed by atoms with E-state index >= 15 is 0 Å². The van der Waals surface area contributed by atoms with Gasteiger partial charge in [-0.1, -0.05) is 12.5 Å². The van der Waals surface area contributed by atoms with E-state index in [2.05, 4.69) is 0 Å². The van der Waals surface area contributed by atoms with Gasteiger partial charge in [0.2, 0.25) is 10.0 Å². The summed E-state index contributed by atoms with van der Waals surface area (Å²) >= 11 is 0. The van der Waals surface area contributed by atoms with Gasteiger partial charge in [0.05, 0.1) is 10.5 Å². The van der Waals surface area contributed by atoms with Crippen LogP contribution in [-0.4, -0.2) is 44.2 Å². The van der Waals surface area contributed by atoms with Crippen LogP contribution in [0, 0.1) is 12.7 Å². The van der Waals surface area contributed by atoms with Crippen molar-refractivity contribution >= 4 is 21.8 Å². The van der Waals surface area contributed by atoms with Crippen molar-refractivity contribution < 1.29 is 27.1 Å². The van der Waals surface area contributed by atoms with Gasteiger partial charge in [0.1, 0.15) is 5.82 Å². The number of ether oxygens (including phenoxy) is 1. The molecule has 0 N–H and O–H groups in total. The fourth-order valence-electron chi connectivity index (χ4n) is 3.16. The lowest BCUT2D eigenvalue weighted by atomic mass is 10.1. The maximum Gasteiger partial charge on any atom is 0.338 e. The number of ketones is 1. The van der Waals surface area contributed by atoms with Crippen molar-refractivity contribution in [3.63, 3.8) is 0 Å². The standard InChI is InChI=1S/C21H22FNO5S/c1-15-5-10-18(29(26,27)23-11-3-2-4-12-23)13-19(15)21(25)28-14-20(24)16-6-8-17(22)9-7-16/h5-10,13H,2-4,11-12,14H2,1H3. The number of esters is 1. The van der Waals surface area contributed by atoms with Crippen LogP contribution in [0.15, 0.2) is 47.4 Å². The van der Waals surface area contributed by atoms with E-state index in [1.54, 1.807) is 13.0 Å². The molecular formula is C21H22FNO5S. The molecule has 1 fully saturated rings. The smallest absolute Gasteiger partial charge is 0.338 e. The predicted molar refractivity (Wildman–Crippen MR) is 105 cm³/mol. The van der Waals surface area contributed by atoms with E-state index in [-0.39, 0.29) is 16.0 Å². The van der Waals surface area contributed by atoms with Crippen molar-refractivity contribution in [1.29, 1.82) is 0 Å². The summed E-state index contributed by atoms with van der Waals surface area (Å²) < 4.78 is 45.1. The van der Waals surface area contributed by atoms with E-state index < -0.39 is 34.2 Å². The SMILES string of the molecule is Cc1ccc(S(=O)(=O)N2CCCCC2)cc1C(=O)OCC(=O)c1ccc(F)cc1. The molecule has 8 heteroatoms.